The molecule has 1 amide bonds. The molecule has 0 saturated carbocycles. The number of piperazine rings is 1. The Balaban J connectivity index is 1.26. The van der Waals surface area contributed by atoms with Gasteiger partial charge in [-0.2, -0.15) is 5.10 Å². The minimum absolute atomic E-state index is 0.0404. The Bertz CT molecular complexity index is 1150. The topological polar surface area (TPSA) is 85.6 Å². The Morgan fingerprint density at radius 2 is 1.69 bits per heavy atom. The van der Waals surface area contributed by atoms with Crippen molar-refractivity contribution in [3.63, 3.8) is 0 Å². The van der Waals surface area contributed by atoms with Crippen LogP contribution >= 0.6 is 0 Å². The lowest BCUT2D eigenvalue weighted by Crippen LogP contribution is -2.54. The molecule has 9 nitrogen and oxygen atoms in total. The van der Waals surface area contributed by atoms with Crippen molar-refractivity contribution in [1.82, 2.24) is 24.6 Å². The highest BCUT2D eigenvalue weighted by Crippen LogP contribution is 2.31. The van der Waals surface area contributed by atoms with Crippen molar-refractivity contribution in [1.29, 1.82) is 0 Å². The fourth-order valence-corrected chi connectivity index (χ4v) is 4.17. The lowest BCUT2D eigenvalue weighted by molar-refractivity contribution is -0.141. The van der Waals surface area contributed by atoms with Gasteiger partial charge < -0.3 is 19.3 Å². The first-order valence-corrected chi connectivity index (χ1v) is 10.8. The molecule has 1 unspecified atom stereocenters. The van der Waals surface area contributed by atoms with Crippen LogP contribution < -0.4 is 14.4 Å². The number of hydrogen-bond donors (Lipinski definition) is 0. The largest absolute Gasteiger partial charge is 0.485 e. The molecule has 2 aliphatic heterocycles. The van der Waals surface area contributed by atoms with E-state index in [2.05, 4.69) is 20.0 Å². The highest BCUT2D eigenvalue weighted by Gasteiger charge is 2.33. The first-order valence-electron chi connectivity index (χ1n) is 10.8. The molecule has 0 spiro atoms. The van der Waals surface area contributed by atoms with E-state index in [1.165, 1.54) is 0 Å². The zero-order valence-electron chi connectivity index (χ0n) is 18.5. The Morgan fingerprint density at radius 1 is 0.969 bits per heavy atom. The molecule has 0 radical (unpaired) electrons. The molecule has 32 heavy (non-hydrogen) atoms. The lowest BCUT2D eigenvalue weighted by Gasteiger charge is -2.37. The van der Waals surface area contributed by atoms with E-state index in [1.54, 1.807) is 0 Å². The second kappa shape index (κ2) is 8.14. The van der Waals surface area contributed by atoms with Crippen LogP contribution in [0.4, 0.5) is 5.82 Å². The van der Waals surface area contributed by atoms with Crippen LogP contribution in [0.2, 0.25) is 0 Å². The summed E-state index contributed by atoms with van der Waals surface area (Å²) in [6, 6.07) is 11.4. The van der Waals surface area contributed by atoms with Crippen molar-refractivity contribution in [3.8, 4) is 17.3 Å². The Hall–Kier alpha value is -3.62. The Kier molecular flexibility index (Phi) is 5.16. The van der Waals surface area contributed by atoms with Crippen molar-refractivity contribution in [2.45, 2.75) is 26.9 Å². The molecule has 0 bridgehead atoms. The monoisotopic (exact) mass is 434 g/mol. The van der Waals surface area contributed by atoms with Gasteiger partial charge in [-0.05, 0) is 39.0 Å². The van der Waals surface area contributed by atoms with Gasteiger partial charge in [-0.3, -0.25) is 4.79 Å². The average Bonchev–Trinajstić information content (AvgIpc) is 3.16. The fourth-order valence-electron chi connectivity index (χ4n) is 4.17. The number of benzene rings is 1. The number of hydrogen-bond acceptors (Lipinski definition) is 7. The minimum Gasteiger partial charge on any atom is -0.485 e. The van der Waals surface area contributed by atoms with Crippen molar-refractivity contribution in [2.75, 3.05) is 37.7 Å². The smallest absolute Gasteiger partial charge is 0.267 e. The van der Waals surface area contributed by atoms with E-state index >= 15 is 0 Å². The number of ether oxygens (including phenoxy) is 2. The zero-order chi connectivity index (χ0) is 22.2. The second-order valence-electron chi connectivity index (χ2n) is 8.15. The minimum atomic E-state index is -0.615. The van der Waals surface area contributed by atoms with E-state index in [4.69, 9.17) is 9.47 Å². The van der Waals surface area contributed by atoms with Crippen LogP contribution in [0.5, 0.6) is 11.5 Å². The molecule has 2 aliphatic rings. The second-order valence-corrected chi connectivity index (χ2v) is 8.15. The Labute approximate surface area is 186 Å². The van der Waals surface area contributed by atoms with Crippen molar-refractivity contribution in [3.05, 3.63) is 53.6 Å². The number of aryl methyl sites for hydroxylation is 3. The number of carbonyl (C=O) groups excluding carboxylic acids is 1. The summed E-state index contributed by atoms with van der Waals surface area (Å²) in [5.41, 5.74) is 1.97. The maximum atomic E-state index is 13.0. The molecule has 3 aromatic rings. The van der Waals surface area contributed by atoms with E-state index in [1.807, 2.05) is 66.8 Å². The summed E-state index contributed by atoms with van der Waals surface area (Å²) < 4.78 is 13.4. The van der Waals surface area contributed by atoms with Crippen molar-refractivity contribution in [2.24, 2.45) is 0 Å². The number of anilines is 1. The van der Waals surface area contributed by atoms with Gasteiger partial charge in [0.25, 0.3) is 5.91 Å². The number of nitrogens with zero attached hydrogens (tertiary/aromatic N) is 6. The van der Waals surface area contributed by atoms with Crippen LogP contribution in [0.15, 0.2) is 36.4 Å². The molecular formula is C23H26N6O3. The number of para-hydroxylation sites is 2. The predicted molar refractivity (Wildman–Crippen MR) is 119 cm³/mol. The molecule has 0 N–H and O–H groups in total. The molecule has 1 fully saturated rings. The standard InChI is InChI=1S/C23H26N6O3/c1-15-12-16(2)29(26-15)22-13-21(24-17(3)25-22)27-8-10-28(11-9-27)23(30)20-14-31-18-6-4-5-7-19(18)32-20/h4-7,12-13,20H,8-11,14H2,1-3H3. The fraction of sp³-hybridized carbons (Fsp3) is 0.391. The Morgan fingerprint density at radius 3 is 2.41 bits per heavy atom. The summed E-state index contributed by atoms with van der Waals surface area (Å²) in [6.07, 6.45) is -0.615. The summed E-state index contributed by atoms with van der Waals surface area (Å²) in [4.78, 5) is 26.2. The highest BCUT2D eigenvalue weighted by molar-refractivity contribution is 5.82. The number of aromatic nitrogens is 4. The number of rotatable bonds is 3. The summed E-state index contributed by atoms with van der Waals surface area (Å²) in [6.45, 7) is 8.65. The molecule has 0 aliphatic carbocycles. The lowest BCUT2D eigenvalue weighted by atomic mass is 10.2. The average molecular weight is 435 g/mol. The van der Waals surface area contributed by atoms with E-state index in [0.717, 1.165) is 23.0 Å². The first kappa shape index (κ1) is 20.3. The molecule has 1 saturated heterocycles. The van der Waals surface area contributed by atoms with E-state index in [0.29, 0.717) is 43.5 Å². The molecular weight excluding hydrogens is 408 g/mol. The van der Waals surface area contributed by atoms with Gasteiger partial charge in [-0.25, -0.2) is 14.6 Å². The van der Waals surface area contributed by atoms with Crippen LogP contribution in [-0.4, -0.2) is 69.4 Å². The predicted octanol–water partition coefficient (Wildman–Crippen LogP) is 2.08. The van der Waals surface area contributed by atoms with Crippen LogP contribution in [0.1, 0.15) is 17.2 Å². The van der Waals surface area contributed by atoms with Gasteiger partial charge in [-0.1, -0.05) is 12.1 Å². The maximum Gasteiger partial charge on any atom is 0.267 e. The van der Waals surface area contributed by atoms with Gasteiger partial charge >= 0.3 is 0 Å². The number of fused-ring (bicyclic) bond motifs is 1. The molecule has 1 atom stereocenters. The maximum absolute atomic E-state index is 13.0. The third kappa shape index (κ3) is 3.86. The molecule has 9 heteroatoms. The van der Waals surface area contributed by atoms with Gasteiger partial charge in [0, 0.05) is 37.9 Å². The summed E-state index contributed by atoms with van der Waals surface area (Å²) in [5.74, 6) is 3.54. The van der Waals surface area contributed by atoms with Gasteiger partial charge in [-0.15, -0.1) is 0 Å². The number of carbonyl (C=O) groups is 1. The molecule has 1 aromatic carbocycles. The third-order valence-electron chi connectivity index (χ3n) is 5.74. The quantitative estimate of drug-likeness (QED) is 0.624. The third-order valence-corrected chi connectivity index (χ3v) is 5.74. The first-order chi connectivity index (χ1) is 15.5. The van der Waals surface area contributed by atoms with Crippen molar-refractivity contribution >= 4 is 11.7 Å². The van der Waals surface area contributed by atoms with Crippen LogP contribution in [0.25, 0.3) is 5.82 Å². The van der Waals surface area contributed by atoms with Crippen LogP contribution in [0, 0.1) is 20.8 Å². The highest BCUT2D eigenvalue weighted by atomic mass is 16.6. The van der Waals surface area contributed by atoms with Gasteiger partial charge in [0.15, 0.2) is 17.3 Å². The number of amides is 1. The SMILES string of the molecule is Cc1cc(C)n(-c2cc(N3CCN(C(=O)C4COc5ccccc5O4)CC3)nc(C)n2)n1. The molecule has 4 heterocycles. The van der Waals surface area contributed by atoms with Gasteiger partial charge in [0.1, 0.15) is 18.2 Å². The molecule has 166 valence electrons. The van der Waals surface area contributed by atoms with E-state index < -0.39 is 6.10 Å². The van der Waals surface area contributed by atoms with Gasteiger partial charge in [0.2, 0.25) is 6.10 Å². The summed E-state index contributed by atoms with van der Waals surface area (Å²) in [7, 11) is 0. The molecule has 2 aromatic heterocycles. The van der Waals surface area contributed by atoms with E-state index in [9.17, 15) is 4.79 Å². The van der Waals surface area contributed by atoms with Gasteiger partial charge in [0.05, 0.1) is 5.69 Å². The zero-order valence-corrected chi connectivity index (χ0v) is 18.5. The van der Waals surface area contributed by atoms with Crippen molar-refractivity contribution < 1.29 is 14.3 Å². The van der Waals surface area contributed by atoms with Crippen LogP contribution in [-0.2, 0) is 4.79 Å². The summed E-state index contributed by atoms with van der Waals surface area (Å²) >= 11 is 0. The van der Waals surface area contributed by atoms with E-state index in [-0.39, 0.29) is 12.5 Å². The normalized spacial score (nSPS) is 18.0. The molecule has 5 rings (SSSR count). The van der Waals surface area contributed by atoms with Crippen LogP contribution in [0.3, 0.4) is 0 Å². The summed E-state index contributed by atoms with van der Waals surface area (Å²) in [5, 5.41) is 4.54.